The highest BCUT2D eigenvalue weighted by molar-refractivity contribution is 6.00. The highest BCUT2D eigenvalue weighted by atomic mass is 19.1. The summed E-state index contributed by atoms with van der Waals surface area (Å²) in [5, 5.41) is 2.92. The minimum Gasteiger partial charge on any atom is -0.496 e. The molecule has 0 aliphatic carbocycles. The van der Waals surface area contributed by atoms with Crippen LogP contribution in [-0.4, -0.2) is 26.7 Å². The van der Waals surface area contributed by atoms with Crippen molar-refractivity contribution >= 4 is 5.91 Å². The first-order valence-electron chi connectivity index (χ1n) is 7.58. The van der Waals surface area contributed by atoms with Crippen LogP contribution in [0.4, 0.5) is 4.39 Å². The minimum absolute atomic E-state index is 0.312. The van der Waals surface area contributed by atoms with Gasteiger partial charge in [-0.1, -0.05) is 6.07 Å². The molecule has 0 radical (unpaired) electrons. The Bertz CT molecular complexity index is 740. The van der Waals surface area contributed by atoms with Crippen molar-refractivity contribution in [3.8, 4) is 17.2 Å². The van der Waals surface area contributed by atoms with Gasteiger partial charge >= 0.3 is 0 Å². The maximum atomic E-state index is 13.6. The maximum absolute atomic E-state index is 13.6. The van der Waals surface area contributed by atoms with Crippen LogP contribution in [0, 0.1) is 5.82 Å². The zero-order valence-corrected chi connectivity index (χ0v) is 13.5. The van der Waals surface area contributed by atoms with Gasteiger partial charge in [-0.15, -0.1) is 0 Å². The predicted molar refractivity (Wildman–Crippen MR) is 86.3 cm³/mol. The summed E-state index contributed by atoms with van der Waals surface area (Å²) in [5.74, 6) is 0.705. The first kappa shape index (κ1) is 16.1. The number of rotatable bonds is 4. The molecule has 2 aromatic carbocycles. The van der Waals surface area contributed by atoms with Crippen molar-refractivity contribution in [1.29, 1.82) is 0 Å². The lowest BCUT2D eigenvalue weighted by molar-refractivity contribution is 0.0918. The second-order valence-corrected chi connectivity index (χ2v) is 5.38. The topological polar surface area (TPSA) is 56.8 Å². The lowest BCUT2D eigenvalue weighted by Gasteiger charge is -2.27. The van der Waals surface area contributed by atoms with Crippen molar-refractivity contribution in [3.63, 3.8) is 0 Å². The number of carbonyl (C=O) groups excluding carboxylic acids is 1. The van der Waals surface area contributed by atoms with Crippen molar-refractivity contribution in [3.05, 3.63) is 53.3 Å². The number of hydrogen-bond donors (Lipinski definition) is 1. The van der Waals surface area contributed by atoms with E-state index in [2.05, 4.69) is 5.32 Å². The van der Waals surface area contributed by atoms with Gasteiger partial charge in [0.05, 0.1) is 26.9 Å². The average Bonchev–Trinajstić information content (AvgIpc) is 2.61. The molecular formula is C18H18FNO4. The van der Waals surface area contributed by atoms with E-state index in [4.69, 9.17) is 14.2 Å². The summed E-state index contributed by atoms with van der Waals surface area (Å²) in [6, 6.07) is 9.08. The molecule has 24 heavy (non-hydrogen) atoms. The van der Waals surface area contributed by atoms with Crippen molar-refractivity contribution in [2.45, 2.75) is 12.5 Å². The number of ether oxygens (including phenoxy) is 3. The van der Waals surface area contributed by atoms with Crippen molar-refractivity contribution in [2.24, 2.45) is 0 Å². The van der Waals surface area contributed by atoms with Crippen LogP contribution < -0.4 is 19.5 Å². The molecule has 1 N–H and O–H groups in total. The van der Waals surface area contributed by atoms with Gasteiger partial charge in [0.1, 0.15) is 28.6 Å². The molecule has 0 saturated heterocycles. The lowest BCUT2D eigenvalue weighted by atomic mass is 9.99. The number of hydrogen-bond acceptors (Lipinski definition) is 4. The standard InChI is InChI=1S/C18H18FNO4/c1-22-15-4-3-5-16(23-2)17(15)18(21)20-13-8-9-24-14-7-6-11(19)10-12(13)14/h3-7,10,13H,8-9H2,1-2H3,(H,20,21). The molecule has 1 amide bonds. The van der Waals surface area contributed by atoms with E-state index in [1.807, 2.05) is 0 Å². The Kier molecular flexibility index (Phi) is 4.55. The number of nitrogens with one attached hydrogen (secondary N) is 1. The van der Waals surface area contributed by atoms with Crippen LogP contribution in [-0.2, 0) is 0 Å². The van der Waals surface area contributed by atoms with Crippen LogP contribution in [0.1, 0.15) is 28.4 Å². The van der Waals surface area contributed by atoms with Gasteiger partial charge in [0, 0.05) is 12.0 Å². The molecule has 3 rings (SSSR count). The Hall–Kier alpha value is -2.76. The van der Waals surface area contributed by atoms with E-state index in [1.165, 1.54) is 26.4 Å². The van der Waals surface area contributed by atoms with E-state index < -0.39 is 0 Å². The molecule has 2 aromatic rings. The summed E-state index contributed by atoms with van der Waals surface area (Å²) < 4.78 is 29.6. The van der Waals surface area contributed by atoms with Crippen molar-refractivity contribution in [2.75, 3.05) is 20.8 Å². The van der Waals surface area contributed by atoms with Crippen LogP contribution in [0.2, 0.25) is 0 Å². The highest BCUT2D eigenvalue weighted by Gasteiger charge is 2.26. The summed E-state index contributed by atoms with van der Waals surface area (Å²) >= 11 is 0. The number of benzene rings is 2. The lowest BCUT2D eigenvalue weighted by Crippen LogP contribution is -2.32. The zero-order valence-electron chi connectivity index (χ0n) is 13.5. The van der Waals surface area contributed by atoms with Gasteiger partial charge in [0.2, 0.25) is 0 Å². The normalized spacial score (nSPS) is 15.9. The third kappa shape index (κ3) is 2.99. The van der Waals surface area contributed by atoms with Crippen LogP contribution in [0.5, 0.6) is 17.2 Å². The summed E-state index contributed by atoms with van der Waals surface area (Å²) in [5.41, 5.74) is 0.940. The molecule has 0 fully saturated rings. The quantitative estimate of drug-likeness (QED) is 0.935. The number of amides is 1. The molecule has 0 bridgehead atoms. The number of carbonyl (C=O) groups is 1. The Morgan fingerprint density at radius 3 is 2.58 bits per heavy atom. The van der Waals surface area contributed by atoms with Crippen LogP contribution >= 0.6 is 0 Å². The smallest absolute Gasteiger partial charge is 0.259 e. The third-order valence-corrected chi connectivity index (χ3v) is 3.97. The molecule has 1 aliphatic heterocycles. The third-order valence-electron chi connectivity index (χ3n) is 3.97. The van der Waals surface area contributed by atoms with Gasteiger partial charge in [-0.3, -0.25) is 4.79 Å². The fourth-order valence-electron chi connectivity index (χ4n) is 2.82. The van der Waals surface area contributed by atoms with E-state index in [0.717, 1.165) is 0 Å². The van der Waals surface area contributed by atoms with Gasteiger partial charge in [-0.05, 0) is 30.3 Å². The maximum Gasteiger partial charge on any atom is 0.259 e. The molecule has 1 atom stereocenters. The molecule has 5 nitrogen and oxygen atoms in total. The Morgan fingerprint density at radius 2 is 1.92 bits per heavy atom. The Morgan fingerprint density at radius 1 is 1.21 bits per heavy atom. The summed E-state index contributed by atoms with van der Waals surface area (Å²) in [4.78, 5) is 12.8. The fraction of sp³-hybridized carbons (Fsp3) is 0.278. The number of methoxy groups -OCH3 is 2. The second-order valence-electron chi connectivity index (χ2n) is 5.38. The fourth-order valence-corrected chi connectivity index (χ4v) is 2.82. The zero-order chi connectivity index (χ0) is 17.1. The summed E-state index contributed by atoms with van der Waals surface area (Å²) in [6.45, 7) is 0.451. The second kappa shape index (κ2) is 6.78. The molecule has 0 aromatic heterocycles. The minimum atomic E-state index is -0.367. The molecule has 1 heterocycles. The van der Waals surface area contributed by atoms with Crippen LogP contribution in [0.25, 0.3) is 0 Å². The molecule has 1 aliphatic rings. The molecular weight excluding hydrogens is 313 g/mol. The first-order valence-corrected chi connectivity index (χ1v) is 7.58. The molecule has 6 heteroatoms. The van der Waals surface area contributed by atoms with E-state index in [-0.39, 0.29) is 17.8 Å². The molecule has 0 spiro atoms. The van der Waals surface area contributed by atoms with E-state index in [0.29, 0.717) is 41.4 Å². The van der Waals surface area contributed by atoms with E-state index in [9.17, 15) is 9.18 Å². The van der Waals surface area contributed by atoms with Gasteiger partial charge in [0.25, 0.3) is 5.91 Å². The van der Waals surface area contributed by atoms with Gasteiger partial charge < -0.3 is 19.5 Å². The summed E-state index contributed by atoms with van der Waals surface area (Å²) in [7, 11) is 2.98. The van der Waals surface area contributed by atoms with Crippen molar-refractivity contribution in [1.82, 2.24) is 5.32 Å². The molecule has 1 unspecified atom stereocenters. The first-order chi connectivity index (χ1) is 11.6. The van der Waals surface area contributed by atoms with E-state index in [1.54, 1.807) is 24.3 Å². The Balaban J connectivity index is 1.91. The SMILES string of the molecule is COc1cccc(OC)c1C(=O)NC1CCOc2ccc(F)cc21. The highest BCUT2D eigenvalue weighted by Crippen LogP contribution is 2.34. The largest absolute Gasteiger partial charge is 0.496 e. The summed E-state index contributed by atoms with van der Waals surface area (Å²) in [6.07, 6.45) is 0.555. The van der Waals surface area contributed by atoms with Gasteiger partial charge in [-0.2, -0.15) is 0 Å². The van der Waals surface area contributed by atoms with Crippen LogP contribution in [0.15, 0.2) is 36.4 Å². The Labute approximate surface area is 139 Å². The van der Waals surface area contributed by atoms with Gasteiger partial charge in [-0.25, -0.2) is 4.39 Å². The number of fused-ring (bicyclic) bond motifs is 1. The number of halogens is 1. The molecule has 0 saturated carbocycles. The predicted octanol–water partition coefficient (Wildman–Crippen LogP) is 3.10. The van der Waals surface area contributed by atoms with E-state index >= 15 is 0 Å². The monoisotopic (exact) mass is 331 g/mol. The average molecular weight is 331 g/mol. The van der Waals surface area contributed by atoms with Crippen LogP contribution in [0.3, 0.4) is 0 Å². The molecule has 126 valence electrons. The van der Waals surface area contributed by atoms with Crippen molar-refractivity contribution < 1.29 is 23.4 Å². The van der Waals surface area contributed by atoms with Gasteiger partial charge in [0.15, 0.2) is 0 Å².